The van der Waals surface area contributed by atoms with E-state index in [0.29, 0.717) is 17.8 Å². The van der Waals surface area contributed by atoms with Crippen LogP contribution in [0.25, 0.3) is 22.5 Å². The molecule has 2 aromatic heterocycles. The molecule has 0 saturated carbocycles. The molecule has 0 bridgehead atoms. The fourth-order valence-corrected chi connectivity index (χ4v) is 3.46. The summed E-state index contributed by atoms with van der Waals surface area (Å²) in [5.41, 5.74) is 4.41. The van der Waals surface area contributed by atoms with Gasteiger partial charge < -0.3 is 0 Å². The van der Waals surface area contributed by atoms with Gasteiger partial charge in [-0.2, -0.15) is 5.10 Å². The van der Waals surface area contributed by atoms with E-state index in [1.165, 1.54) is 5.56 Å². The van der Waals surface area contributed by atoms with Crippen molar-refractivity contribution in [1.82, 2.24) is 35.4 Å². The predicted molar refractivity (Wildman–Crippen MR) is 117 cm³/mol. The fraction of sp³-hybridized carbons (Fsp3) is 0.348. The second-order valence-corrected chi connectivity index (χ2v) is 7.91. The maximum atomic E-state index is 4.83. The van der Waals surface area contributed by atoms with Crippen LogP contribution in [0.1, 0.15) is 63.3 Å². The van der Waals surface area contributed by atoms with Crippen molar-refractivity contribution in [3.63, 3.8) is 0 Å². The molecule has 7 nitrogen and oxygen atoms in total. The molecular weight excluding hydrogens is 374 g/mol. The molecule has 2 heterocycles. The van der Waals surface area contributed by atoms with Gasteiger partial charge in [-0.3, -0.25) is 0 Å². The third kappa shape index (κ3) is 4.01. The van der Waals surface area contributed by atoms with Crippen LogP contribution in [0.5, 0.6) is 0 Å². The first-order valence-electron chi connectivity index (χ1n) is 10.4. The van der Waals surface area contributed by atoms with Gasteiger partial charge in [-0.1, -0.05) is 69.3 Å². The van der Waals surface area contributed by atoms with Crippen LogP contribution in [0.3, 0.4) is 0 Å². The van der Waals surface area contributed by atoms with Crippen molar-refractivity contribution in [2.45, 2.75) is 52.5 Å². The molecule has 0 aliphatic heterocycles. The highest BCUT2D eigenvalue weighted by Gasteiger charge is 2.17. The number of aromatic nitrogens is 7. The lowest BCUT2D eigenvalue weighted by molar-refractivity contribution is 0.456. The molecule has 0 amide bonds. The molecule has 0 saturated heterocycles. The minimum absolute atomic E-state index is 0.318. The zero-order chi connectivity index (χ0) is 21.1. The lowest BCUT2D eigenvalue weighted by atomic mass is 9.97. The Kier molecular flexibility index (Phi) is 5.70. The van der Waals surface area contributed by atoms with E-state index in [1.54, 1.807) is 0 Å². The largest absolute Gasteiger partial charge is 0.247 e. The Hall–Kier alpha value is -3.35. The van der Waals surface area contributed by atoms with Crippen LogP contribution < -0.4 is 0 Å². The Labute approximate surface area is 176 Å². The normalized spacial score (nSPS) is 12.4. The van der Waals surface area contributed by atoms with Crippen LogP contribution in [0.2, 0.25) is 0 Å². The number of benzene rings is 2. The second kappa shape index (κ2) is 8.57. The topological polar surface area (TPSA) is 85.2 Å². The first kappa shape index (κ1) is 19.9. The van der Waals surface area contributed by atoms with Gasteiger partial charge in [-0.15, -0.1) is 5.10 Å². The van der Waals surface area contributed by atoms with Gasteiger partial charge in [0, 0.05) is 17.9 Å². The molecule has 0 aliphatic rings. The molecular formula is C23H27N7. The fourth-order valence-electron chi connectivity index (χ4n) is 3.46. The molecule has 0 aliphatic carbocycles. The van der Waals surface area contributed by atoms with Crippen molar-refractivity contribution in [1.29, 1.82) is 0 Å². The number of nitrogens with zero attached hydrogens (tertiary/aromatic N) is 6. The van der Waals surface area contributed by atoms with Crippen molar-refractivity contribution in [2.24, 2.45) is 0 Å². The monoisotopic (exact) mass is 401 g/mol. The summed E-state index contributed by atoms with van der Waals surface area (Å²) in [5, 5.41) is 19.1. The number of hydrogen-bond acceptors (Lipinski definition) is 5. The molecule has 1 atom stereocenters. The predicted octanol–water partition coefficient (Wildman–Crippen LogP) is 4.81. The Morgan fingerprint density at radius 3 is 2.33 bits per heavy atom. The summed E-state index contributed by atoms with van der Waals surface area (Å²) in [4.78, 5) is 4.83. The number of tetrazole rings is 1. The molecule has 0 radical (unpaired) electrons. The standard InChI is InChI=1S/C23H27N7/c1-5-16(4)30-21(24-22(27-30)15(2)3)14-17-10-12-18(13-11-17)19-8-6-7-9-20(19)23-25-28-29-26-23/h6-13,15-16H,5,14H2,1-4H3,(H,25,26,28,29). The average Bonchev–Trinajstić information content (AvgIpc) is 3.44. The van der Waals surface area contributed by atoms with Gasteiger partial charge in [-0.25, -0.2) is 14.8 Å². The Balaban J connectivity index is 1.62. The molecule has 0 fully saturated rings. The number of nitrogens with one attached hydrogen (secondary N) is 1. The van der Waals surface area contributed by atoms with Crippen molar-refractivity contribution in [2.75, 3.05) is 0 Å². The smallest absolute Gasteiger partial charge is 0.180 e. The van der Waals surface area contributed by atoms with Gasteiger partial charge >= 0.3 is 0 Å². The summed E-state index contributed by atoms with van der Waals surface area (Å²) in [6.07, 6.45) is 1.79. The molecule has 154 valence electrons. The van der Waals surface area contributed by atoms with Crippen LogP contribution in [0.15, 0.2) is 48.5 Å². The minimum atomic E-state index is 0.318. The van der Waals surface area contributed by atoms with E-state index in [0.717, 1.165) is 41.2 Å². The molecule has 0 spiro atoms. The maximum absolute atomic E-state index is 4.83. The highest BCUT2D eigenvalue weighted by Crippen LogP contribution is 2.30. The van der Waals surface area contributed by atoms with E-state index < -0.39 is 0 Å². The molecule has 4 rings (SSSR count). The van der Waals surface area contributed by atoms with E-state index in [4.69, 9.17) is 10.1 Å². The molecule has 30 heavy (non-hydrogen) atoms. The first-order chi connectivity index (χ1) is 14.6. The van der Waals surface area contributed by atoms with Crippen LogP contribution in [0.4, 0.5) is 0 Å². The van der Waals surface area contributed by atoms with Gasteiger partial charge in [0.2, 0.25) is 0 Å². The van der Waals surface area contributed by atoms with Crippen LogP contribution in [-0.4, -0.2) is 35.4 Å². The van der Waals surface area contributed by atoms with E-state index in [1.807, 2.05) is 18.2 Å². The van der Waals surface area contributed by atoms with Gasteiger partial charge in [0.05, 0.1) is 6.04 Å². The van der Waals surface area contributed by atoms with Gasteiger partial charge in [0.1, 0.15) is 5.82 Å². The van der Waals surface area contributed by atoms with Gasteiger partial charge in [-0.05, 0) is 40.5 Å². The van der Waals surface area contributed by atoms with Crippen LogP contribution in [0, 0.1) is 0 Å². The molecule has 1 N–H and O–H groups in total. The summed E-state index contributed by atoms with van der Waals surface area (Å²) in [6.45, 7) is 8.65. The summed E-state index contributed by atoms with van der Waals surface area (Å²) >= 11 is 0. The summed E-state index contributed by atoms with van der Waals surface area (Å²) in [7, 11) is 0. The number of H-pyrrole nitrogens is 1. The summed E-state index contributed by atoms with van der Waals surface area (Å²) in [5.74, 6) is 2.92. The van der Waals surface area contributed by atoms with Crippen LogP contribution >= 0.6 is 0 Å². The Morgan fingerprint density at radius 2 is 1.70 bits per heavy atom. The van der Waals surface area contributed by atoms with E-state index in [-0.39, 0.29) is 0 Å². The maximum Gasteiger partial charge on any atom is 0.180 e. The molecule has 2 aromatic carbocycles. The van der Waals surface area contributed by atoms with E-state index in [2.05, 4.69) is 83.3 Å². The third-order valence-electron chi connectivity index (χ3n) is 5.40. The lowest BCUT2D eigenvalue weighted by Gasteiger charge is -2.13. The number of rotatable bonds is 7. The number of aromatic amines is 1. The lowest BCUT2D eigenvalue weighted by Crippen LogP contribution is -2.11. The van der Waals surface area contributed by atoms with Crippen molar-refractivity contribution >= 4 is 0 Å². The summed E-state index contributed by atoms with van der Waals surface area (Å²) < 4.78 is 2.09. The van der Waals surface area contributed by atoms with E-state index >= 15 is 0 Å². The zero-order valence-corrected chi connectivity index (χ0v) is 17.9. The van der Waals surface area contributed by atoms with Crippen molar-refractivity contribution < 1.29 is 0 Å². The zero-order valence-electron chi connectivity index (χ0n) is 17.9. The van der Waals surface area contributed by atoms with Crippen molar-refractivity contribution in [3.05, 3.63) is 65.7 Å². The molecule has 1 unspecified atom stereocenters. The van der Waals surface area contributed by atoms with Gasteiger partial charge in [0.25, 0.3) is 0 Å². The van der Waals surface area contributed by atoms with Crippen LogP contribution in [-0.2, 0) is 6.42 Å². The average molecular weight is 402 g/mol. The SMILES string of the molecule is CCC(C)n1nc(C(C)C)nc1Cc1ccc(-c2ccccc2-c2nnn[nH]2)cc1. The van der Waals surface area contributed by atoms with E-state index in [9.17, 15) is 0 Å². The third-order valence-corrected chi connectivity index (χ3v) is 5.40. The second-order valence-electron chi connectivity index (χ2n) is 7.91. The minimum Gasteiger partial charge on any atom is -0.247 e. The molecule has 7 heteroatoms. The number of hydrogen-bond donors (Lipinski definition) is 1. The highest BCUT2D eigenvalue weighted by molar-refractivity contribution is 5.80. The molecule has 4 aromatic rings. The Morgan fingerprint density at radius 1 is 0.967 bits per heavy atom. The Bertz CT molecular complexity index is 1100. The van der Waals surface area contributed by atoms with Gasteiger partial charge in [0.15, 0.2) is 11.6 Å². The van der Waals surface area contributed by atoms with Crippen molar-refractivity contribution in [3.8, 4) is 22.5 Å². The quantitative estimate of drug-likeness (QED) is 0.480. The summed E-state index contributed by atoms with van der Waals surface area (Å²) in [6, 6.07) is 17.1. The first-order valence-corrected chi connectivity index (χ1v) is 10.4. The highest BCUT2D eigenvalue weighted by atomic mass is 15.5.